The van der Waals surface area contributed by atoms with Crippen LogP contribution in [0, 0.1) is 18.6 Å². The Kier molecular flexibility index (Phi) is 3.28. The third-order valence-electron chi connectivity index (χ3n) is 3.28. The van der Waals surface area contributed by atoms with E-state index in [0.717, 1.165) is 10.1 Å². The summed E-state index contributed by atoms with van der Waals surface area (Å²) in [5, 5.41) is 11.1. The van der Waals surface area contributed by atoms with E-state index in [1.54, 1.807) is 31.2 Å². The van der Waals surface area contributed by atoms with E-state index >= 15 is 0 Å². The van der Waals surface area contributed by atoms with Crippen molar-refractivity contribution in [3.8, 4) is 0 Å². The first-order valence-corrected chi connectivity index (χ1v) is 6.99. The van der Waals surface area contributed by atoms with Gasteiger partial charge in [0.25, 0.3) is 0 Å². The summed E-state index contributed by atoms with van der Waals surface area (Å²) in [6, 6.07) is 10.9. The fraction of sp³-hybridized carbons (Fsp3) is 0.125. The highest BCUT2D eigenvalue weighted by molar-refractivity contribution is 7.19. The maximum atomic E-state index is 13.6. The van der Waals surface area contributed by atoms with Gasteiger partial charge < -0.3 is 5.11 Å². The number of hydrogen-bond donors (Lipinski definition) is 1. The summed E-state index contributed by atoms with van der Waals surface area (Å²) >= 11 is 1.38. The Labute approximate surface area is 119 Å². The lowest BCUT2D eigenvalue weighted by Crippen LogP contribution is -1.98. The topological polar surface area (TPSA) is 20.2 Å². The zero-order valence-electron chi connectivity index (χ0n) is 10.7. The maximum Gasteiger partial charge on any atom is 0.126 e. The van der Waals surface area contributed by atoms with Crippen LogP contribution in [0.5, 0.6) is 0 Å². The molecule has 1 atom stereocenters. The number of fused-ring (bicyclic) bond motifs is 1. The summed E-state index contributed by atoms with van der Waals surface area (Å²) in [5.74, 6) is -0.647. The molecule has 1 nitrogen and oxygen atoms in total. The van der Waals surface area contributed by atoms with Crippen molar-refractivity contribution in [2.75, 3.05) is 0 Å². The number of halogens is 2. The predicted molar refractivity (Wildman–Crippen MR) is 77.0 cm³/mol. The molecule has 4 heteroatoms. The number of rotatable bonds is 2. The lowest BCUT2D eigenvalue weighted by atomic mass is 10.1. The lowest BCUT2D eigenvalue weighted by molar-refractivity contribution is 0.223. The molecule has 20 heavy (non-hydrogen) atoms. The quantitative estimate of drug-likeness (QED) is 0.733. The van der Waals surface area contributed by atoms with Crippen molar-refractivity contribution in [3.05, 3.63) is 70.1 Å². The van der Waals surface area contributed by atoms with Crippen LogP contribution in [0.25, 0.3) is 10.1 Å². The second-order valence-electron chi connectivity index (χ2n) is 4.74. The van der Waals surface area contributed by atoms with Crippen molar-refractivity contribution in [2.24, 2.45) is 0 Å². The monoisotopic (exact) mass is 290 g/mol. The molecule has 0 aliphatic rings. The minimum atomic E-state index is -0.898. The molecular formula is C16H12F2OS. The molecule has 102 valence electrons. The van der Waals surface area contributed by atoms with Crippen LogP contribution < -0.4 is 0 Å². The smallest absolute Gasteiger partial charge is 0.126 e. The molecule has 0 bridgehead atoms. The Morgan fingerprint density at radius 1 is 1.05 bits per heavy atom. The Morgan fingerprint density at radius 3 is 2.60 bits per heavy atom. The van der Waals surface area contributed by atoms with E-state index in [4.69, 9.17) is 0 Å². The first-order valence-electron chi connectivity index (χ1n) is 6.18. The van der Waals surface area contributed by atoms with Crippen LogP contribution in [0.15, 0.2) is 42.5 Å². The van der Waals surface area contributed by atoms with Crippen molar-refractivity contribution in [1.82, 2.24) is 0 Å². The van der Waals surface area contributed by atoms with Crippen molar-refractivity contribution < 1.29 is 13.9 Å². The van der Waals surface area contributed by atoms with E-state index in [2.05, 4.69) is 0 Å². The van der Waals surface area contributed by atoms with Gasteiger partial charge in [-0.1, -0.05) is 12.1 Å². The van der Waals surface area contributed by atoms with Crippen LogP contribution in [0.3, 0.4) is 0 Å². The van der Waals surface area contributed by atoms with Crippen LogP contribution in [0.2, 0.25) is 0 Å². The van der Waals surface area contributed by atoms with E-state index in [0.29, 0.717) is 16.0 Å². The number of aryl methyl sites for hydroxylation is 1. The molecule has 0 amide bonds. The van der Waals surface area contributed by atoms with Crippen molar-refractivity contribution >= 4 is 21.4 Å². The first-order chi connectivity index (χ1) is 9.54. The number of aliphatic hydroxyl groups is 1. The number of aliphatic hydroxyl groups excluding tert-OH is 1. The van der Waals surface area contributed by atoms with Gasteiger partial charge in [0.15, 0.2) is 0 Å². The molecule has 0 spiro atoms. The second kappa shape index (κ2) is 4.96. The zero-order chi connectivity index (χ0) is 14.3. The fourth-order valence-electron chi connectivity index (χ4n) is 2.11. The molecular weight excluding hydrogens is 278 g/mol. The number of benzene rings is 2. The van der Waals surface area contributed by atoms with Gasteiger partial charge >= 0.3 is 0 Å². The van der Waals surface area contributed by atoms with Gasteiger partial charge in [0, 0.05) is 9.58 Å². The molecule has 3 aromatic rings. The minimum absolute atomic E-state index is 0.308. The molecule has 1 N–H and O–H groups in total. The van der Waals surface area contributed by atoms with Gasteiger partial charge in [0.2, 0.25) is 0 Å². The minimum Gasteiger partial charge on any atom is -0.383 e. The van der Waals surface area contributed by atoms with E-state index < -0.39 is 6.10 Å². The Bertz CT molecular complexity index is 779. The SMILES string of the molecule is Cc1ccc(C(O)c2cc3cc(F)ccc3s2)cc1F. The van der Waals surface area contributed by atoms with Gasteiger partial charge in [-0.05, 0) is 53.8 Å². The Hall–Kier alpha value is -1.78. The average Bonchev–Trinajstić information content (AvgIpc) is 2.84. The van der Waals surface area contributed by atoms with Crippen molar-refractivity contribution in [1.29, 1.82) is 0 Å². The van der Waals surface area contributed by atoms with Gasteiger partial charge in [-0.25, -0.2) is 8.78 Å². The third kappa shape index (κ3) is 2.32. The summed E-state index contributed by atoms with van der Waals surface area (Å²) in [4.78, 5) is 0.675. The van der Waals surface area contributed by atoms with Crippen LogP contribution in [-0.2, 0) is 0 Å². The highest BCUT2D eigenvalue weighted by Crippen LogP contribution is 2.33. The third-order valence-corrected chi connectivity index (χ3v) is 4.45. The van der Waals surface area contributed by atoms with Gasteiger partial charge in [0.1, 0.15) is 17.7 Å². The van der Waals surface area contributed by atoms with Crippen LogP contribution in [0.1, 0.15) is 22.1 Å². The molecule has 1 heterocycles. The van der Waals surface area contributed by atoms with Crippen LogP contribution in [0.4, 0.5) is 8.78 Å². The summed E-state index contributed by atoms with van der Waals surface area (Å²) in [6.07, 6.45) is -0.898. The maximum absolute atomic E-state index is 13.6. The highest BCUT2D eigenvalue weighted by atomic mass is 32.1. The largest absolute Gasteiger partial charge is 0.383 e. The van der Waals surface area contributed by atoms with E-state index in [9.17, 15) is 13.9 Å². The summed E-state index contributed by atoms with van der Waals surface area (Å²) in [7, 11) is 0. The molecule has 0 saturated heterocycles. The molecule has 0 aliphatic carbocycles. The van der Waals surface area contributed by atoms with E-state index in [-0.39, 0.29) is 11.6 Å². The summed E-state index contributed by atoms with van der Waals surface area (Å²) < 4.78 is 27.6. The fourth-order valence-corrected chi connectivity index (χ4v) is 3.17. The molecule has 0 saturated carbocycles. The van der Waals surface area contributed by atoms with Gasteiger partial charge in [-0.3, -0.25) is 0 Å². The Balaban J connectivity index is 2.02. The van der Waals surface area contributed by atoms with E-state index in [1.165, 1.54) is 29.5 Å². The predicted octanol–water partition coefficient (Wildman–Crippen LogP) is 4.57. The van der Waals surface area contributed by atoms with Crippen molar-refractivity contribution in [3.63, 3.8) is 0 Å². The molecule has 1 aromatic heterocycles. The van der Waals surface area contributed by atoms with Crippen LogP contribution >= 0.6 is 11.3 Å². The summed E-state index contributed by atoms with van der Waals surface area (Å²) in [6.45, 7) is 1.67. The number of hydrogen-bond acceptors (Lipinski definition) is 2. The normalized spacial score (nSPS) is 12.8. The van der Waals surface area contributed by atoms with E-state index in [1.807, 2.05) is 0 Å². The molecule has 2 aromatic carbocycles. The van der Waals surface area contributed by atoms with Crippen molar-refractivity contribution in [2.45, 2.75) is 13.0 Å². The standard InChI is InChI=1S/C16H12F2OS/c1-9-2-3-10(7-13(9)18)16(19)15-8-11-6-12(17)4-5-14(11)20-15/h2-8,16,19H,1H3. The molecule has 1 unspecified atom stereocenters. The summed E-state index contributed by atoms with van der Waals surface area (Å²) in [5.41, 5.74) is 1.04. The van der Waals surface area contributed by atoms with Gasteiger partial charge in [-0.2, -0.15) is 0 Å². The molecule has 0 aliphatic heterocycles. The molecule has 3 rings (SSSR count). The number of thiophene rings is 1. The first kappa shape index (κ1) is 13.2. The lowest BCUT2D eigenvalue weighted by Gasteiger charge is -2.09. The molecule has 0 fully saturated rings. The second-order valence-corrected chi connectivity index (χ2v) is 5.86. The molecule has 0 radical (unpaired) electrons. The van der Waals surface area contributed by atoms with Crippen LogP contribution in [-0.4, -0.2) is 5.11 Å². The average molecular weight is 290 g/mol. The van der Waals surface area contributed by atoms with Gasteiger partial charge in [0.05, 0.1) is 0 Å². The zero-order valence-corrected chi connectivity index (χ0v) is 11.5. The highest BCUT2D eigenvalue weighted by Gasteiger charge is 2.15. The Morgan fingerprint density at radius 2 is 1.85 bits per heavy atom. The van der Waals surface area contributed by atoms with Gasteiger partial charge in [-0.15, -0.1) is 11.3 Å².